The van der Waals surface area contributed by atoms with Gasteiger partial charge in [-0.15, -0.1) is 0 Å². The molecule has 0 aliphatic heterocycles. The van der Waals surface area contributed by atoms with Crippen molar-refractivity contribution in [3.05, 3.63) is 0 Å². The molecule has 0 aliphatic carbocycles. The van der Waals surface area contributed by atoms with Crippen molar-refractivity contribution in [1.82, 2.24) is 0 Å². The van der Waals surface area contributed by atoms with Gasteiger partial charge in [-0.3, -0.25) is 0 Å². The van der Waals surface area contributed by atoms with E-state index in [0.717, 1.165) is 53.3 Å². The monoisotopic (exact) mass is 314 g/mol. The third-order valence-electron chi connectivity index (χ3n) is 7.57. The van der Waals surface area contributed by atoms with E-state index in [9.17, 15) is 0 Å². The Balaban J connectivity index is 0. The molecule has 0 saturated carbocycles. The Labute approximate surface area is 145 Å². The highest BCUT2D eigenvalue weighted by Gasteiger charge is 2.32. The van der Waals surface area contributed by atoms with Gasteiger partial charge in [0.05, 0.1) is 0 Å². The Morgan fingerprint density at radius 3 is 1.09 bits per heavy atom. The standard InChI is InChI=1S/C21H44.CH4/c1-12-14(4)16(6)18(8)20(10)21(11)19(9)17(7)15(5)13(2)3;/h13-21H,12H2,1-11H3;1H4/i;1T. The molecule has 0 nitrogen and oxygen atoms in total. The molecule has 0 bridgehead atoms. The first-order valence-electron chi connectivity index (χ1n) is 10.6. The molecule has 0 aromatic carbocycles. The summed E-state index contributed by atoms with van der Waals surface area (Å²) in [4.78, 5) is 0. The van der Waals surface area contributed by atoms with E-state index in [1.165, 1.54) is 13.8 Å². The Bertz CT molecular complexity index is 273. The van der Waals surface area contributed by atoms with Crippen LogP contribution >= 0.6 is 0 Å². The molecular formula is C22H48. The van der Waals surface area contributed by atoms with Crippen molar-refractivity contribution in [3.8, 4) is 0 Å². The molecule has 22 heavy (non-hydrogen) atoms. The SMILES string of the molecule is CCC(C)C(C)C(C)C(C)C(C)C(C)C(C)C(C)C(C)C.[3H]C. The maximum Gasteiger partial charge on any atom is 0.0194 e. The molecular weight excluding hydrogens is 264 g/mol. The first-order valence-corrected chi connectivity index (χ1v) is 9.56. The molecule has 0 fully saturated rings. The van der Waals surface area contributed by atoms with Crippen molar-refractivity contribution in [3.63, 3.8) is 0 Å². The van der Waals surface area contributed by atoms with Crippen LogP contribution in [-0.2, 0) is 0 Å². The van der Waals surface area contributed by atoms with Crippen molar-refractivity contribution < 1.29 is 1.37 Å². The van der Waals surface area contributed by atoms with Crippen molar-refractivity contribution >= 4 is 0 Å². The summed E-state index contributed by atoms with van der Waals surface area (Å²) in [6.45, 7) is 26.8. The molecule has 8 atom stereocenters. The van der Waals surface area contributed by atoms with Gasteiger partial charge in [0.2, 0.25) is 0 Å². The van der Waals surface area contributed by atoms with Crippen LogP contribution < -0.4 is 0 Å². The minimum atomic E-state index is 0.793. The molecule has 0 saturated heterocycles. The summed E-state index contributed by atoms with van der Waals surface area (Å²) in [5, 5.41) is 0. The van der Waals surface area contributed by atoms with E-state index in [-0.39, 0.29) is 0 Å². The topological polar surface area (TPSA) is 0 Å². The van der Waals surface area contributed by atoms with E-state index >= 15 is 0 Å². The molecule has 0 aromatic rings. The average Bonchev–Trinajstić information content (AvgIpc) is 2.57. The molecule has 0 N–H and O–H groups in total. The third kappa shape index (κ3) is 6.25. The summed E-state index contributed by atoms with van der Waals surface area (Å²) in [6, 6.07) is 0. The second kappa shape index (κ2) is 10.7. The van der Waals surface area contributed by atoms with Gasteiger partial charge in [0.1, 0.15) is 0 Å². The van der Waals surface area contributed by atoms with Crippen LogP contribution in [0.25, 0.3) is 0 Å². The van der Waals surface area contributed by atoms with Gasteiger partial charge in [0.25, 0.3) is 0 Å². The Morgan fingerprint density at radius 2 is 0.818 bits per heavy atom. The first kappa shape index (κ1) is 22.0. The Hall–Kier alpha value is 0. The van der Waals surface area contributed by atoms with E-state index in [2.05, 4.69) is 76.2 Å². The summed E-state index contributed by atoms with van der Waals surface area (Å²) in [5.74, 6) is 7.35. The van der Waals surface area contributed by atoms with Crippen LogP contribution in [0, 0.1) is 53.3 Å². The quantitative estimate of drug-likeness (QED) is 0.407. The van der Waals surface area contributed by atoms with Crippen LogP contribution in [0.15, 0.2) is 0 Å². The molecule has 0 heteroatoms. The van der Waals surface area contributed by atoms with Crippen LogP contribution in [0.3, 0.4) is 0 Å². The normalized spacial score (nSPS) is 23.2. The van der Waals surface area contributed by atoms with Gasteiger partial charge < -0.3 is 0 Å². The van der Waals surface area contributed by atoms with Crippen LogP contribution in [0.5, 0.6) is 0 Å². The fraction of sp³-hybridized carbons (Fsp3) is 1.00. The van der Waals surface area contributed by atoms with Crippen LogP contribution in [0.4, 0.5) is 0 Å². The zero-order chi connectivity index (χ0) is 18.9. The van der Waals surface area contributed by atoms with Gasteiger partial charge in [-0.1, -0.05) is 90.0 Å². The van der Waals surface area contributed by atoms with Crippen molar-refractivity contribution in [2.24, 2.45) is 53.3 Å². The lowest BCUT2D eigenvalue weighted by molar-refractivity contribution is 0.0925. The summed E-state index contributed by atoms with van der Waals surface area (Å²) < 4.78 is 5.75. The summed E-state index contributed by atoms with van der Waals surface area (Å²) in [5.41, 5.74) is 0. The highest BCUT2D eigenvalue weighted by atomic mass is 14.4. The van der Waals surface area contributed by atoms with Gasteiger partial charge >= 0.3 is 0 Å². The number of hydrogen-bond acceptors (Lipinski definition) is 0. The lowest BCUT2D eigenvalue weighted by Crippen LogP contribution is -2.33. The number of hydrogen-bond donors (Lipinski definition) is 0. The predicted molar refractivity (Wildman–Crippen MR) is 105 cm³/mol. The lowest BCUT2D eigenvalue weighted by Gasteiger charge is -2.39. The molecule has 0 radical (unpaired) electrons. The minimum Gasteiger partial charge on any atom is -0.0776 e. The molecule has 136 valence electrons. The zero-order valence-electron chi connectivity index (χ0n) is 18.9. The first-order chi connectivity index (χ1) is 10.6. The average molecular weight is 315 g/mol. The van der Waals surface area contributed by atoms with Crippen molar-refractivity contribution in [2.45, 2.75) is 90.0 Å². The van der Waals surface area contributed by atoms with E-state index < -0.39 is 0 Å². The van der Waals surface area contributed by atoms with Gasteiger partial charge in [-0.05, 0) is 53.3 Å². The van der Waals surface area contributed by atoms with Gasteiger partial charge in [0, 0.05) is 1.37 Å². The van der Waals surface area contributed by atoms with Crippen LogP contribution in [-0.4, -0.2) is 0 Å². The largest absolute Gasteiger partial charge is 0.0776 e. The predicted octanol–water partition coefficient (Wildman–Crippen LogP) is 7.78. The lowest BCUT2D eigenvalue weighted by atomic mass is 9.66. The highest BCUT2D eigenvalue weighted by molar-refractivity contribution is 4.81. The summed E-state index contributed by atoms with van der Waals surface area (Å²) >= 11 is 0. The molecule has 0 aliphatic rings. The smallest absolute Gasteiger partial charge is 0.0194 e. The van der Waals surface area contributed by atoms with E-state index in [4.69, 9.17) is 1.37 Å². The van der Waals surface area contributed by atoms with Crippen molar-refractivity contribution in [2.75, 3.05) is 0 Å². The summed E-state index contributed by atoms with van der Waals surface area (Å²) in [6.07, 6.45) is 1.31. The maximum absolute atomic E-state index is 5.75. The van der Waals surface area contributed by atoms with Gasteiger partial charge in [-0.2, -0.15) is 0 Å². The molecule has 0 amide bonds. The fourth-order valence-electron chi connectivity index (χ4n) is 3.89. The molecule has 8 unspecified atom stereocenters. The third-order valence-corrected chi connectivity index (χ3v) is 7.57. The van der Waals surface area contributed by atoms with Crippen LogP contribution in [0.1, 0.15) is 91.4 Å². The van der Waals surface area contributed by atoms with Gasteiger partial charge in [-0.25, -0.2) is 0 Å². The fourth-order valence-corrected chi connectivity index (χ4v) is 3.89. The molecule has 0 aromatic heterocycles. The van der Waals surface area contributed by atoms with Gasteiger partial charge in [0.15, 0.2) is 0 Å². The van der Waals surface area contributed by atoms with Crippen molar-refractivity contribution in [1.29, 1.82) is 0 Å². The Morgan fingerprint density at radius 1 is 0.545 bits per heavy atom. The van der Waals surface area contributed by atoms with E-state index in [0.29, 0.717) is 0 Å². The molecule has 0 spiro atoms. The van der Waals surface area contributed by atoms with E-state index in [1.54, 1.807) is 0 Å². The maximum atomic E-state index is 5.75. The summed E-state index contributed by atoms with van der Waals surface area (Å²) in [7, 11) is 1.25. The second-order valence-corrected chi connectivity index (χ2v) is 8.64. The zero-order valence-corrected chi connectivity index (χ0v) is 17.9. The minimum absolute atomic E-state index is 0.793. The van der Waals surface area contributed by atoms with E-state index in [1.807, 2.05) is 0 Å². The molecule has 0 rings (SSSR count). The Kier molecular flexibility index (Phi) is 10.7. The van der Waals surface area contributed by atoms with Crippen LogP contribution in [0.2, 0.25) is 0 Å². The molecule has 0 heterocycles. The second-order valence-electron chi connectivity index (χ2n) is 8.64. The highest BCUT2D eigenvalue weighted by Crippen LogP contribution is 2.39. The number of rotatable bonds is 9.